The summed E-state index contributed by atoms with van der Waals surface area (Å²) in [4.78, 5) is 12.5. The molecule has 0 fully saturated rings. The Kier molecular flexibility index (Phi) is 4.43. The maximum atomic E-state index is 11.4. The summed E-state index contributed by atoms with van der Waals surface area (Å²) in [6.45, 7) is 0. The van der Waals surface area contributed by atoms with Gasteiger partial charge >= 0.3 is 0 Å². The van der Waals surface area contributed by atoms with E-state index in [1.807, 2.05) is 30.3 Å². The van der Waals surface area contributed by atoms with Crippen LogP contribution in [0, 0.1) is 0 Å². The summed E-state index contributed by atoms with van der Waals surface area (Å²) in [5.74, 6) is 5.81. The molecule has 2 aromatic carbocycles. The van der Waals surface area contributed by atoms with Crippen LogP contribution in [0.15, 0.2) is 53.4 Å². The summed E-state index contributed by atoms with van der Waals surface area (Å²) >= 11 is 1.64. The molecule has 5 heteroatoms. The first-order valence-electron chi connectivity index (χ1n) is 5.71. The molecule has 0 aliphatic rings. The molecule has 0 aromatic heterocycles. The molecule has 0 saturated heterocycles. The summed E-state index contributed by atoms with van der Waals surface area (Å²) in [5.41, 5.74) is 3.70. The minimum Gasteiger partial charge on any atom is -0.508 e. The number of carbonyl (C=O) groups is 1. The van der Waals surface area contributed by atoms with Crippen molar-refractivity contribution in [2.75, 3.05) is 0 Å². The third-order valence-electron chi connectivity index (χ3n) is 2.56. The molecule has 98 valence electrons. The van der Waals surface area contributed by atoms with Gasteiger partial charge in [-0.05, 0) is 42.0 Å². The lowest BCUT2D eigenvalue weighted by Crippen LogP contribution is -2.29. The van der Waals surface area contributed by atoms with Crippen molar-refractivity contribution in [1.29, 1.82) is 0 Å². The van der Waals surface area contributed by atoms with Gasteiger partial charge in [-0.3, -0.25) is 10.2 Å². The lowest BCUT2D eigenvalue weighted by Gasteiger charge is -2.05. The Hall–Kier alpha value is -1.98. The maximum absolute atomic E-state index is 11.4. The molecule has 0 aliphatic carbocycles. The van der Waals surface area contributed by atoms with Crippen molar-refractivity contribution in [3.63, 3.8) is 0 Å². The third kappa shape index (κ3) is 3.74. The predicted molar refractivity (Wildman–Crippen MR) is 75.8 cm³/mol. The molecule has 0 heterocycles. The van der Waals surface area contributed by atoms with Crippen LogP contribution in [0.4, 0.5) is 0 Å². The van der Waals surface area contributed by atoms with Crippen LogP contribution >= 0.6 is 11.8 Å². The third-order valence-corrected chi connectivity index (χ3v) is 3.65. The van der Waals surface area contributed by atoms with E-state index in [2.05, 4.69) is 5.43 Å². The summed E-state index contributed by atoms with van der Waals surface area (Å²) in [6, 6.07) is 14.3. The molecule has 0 spiro atoms. The molecule has 0 unspecified atom stereocenters. The van der Waals surface area contributed by atoms with Gasteiger partial charge in [-0.1, -0.05) is 12.1 Å². The first kappa shape index (κ1) is 13.5. The van der Waals surface area contributed by atoms with Crippen molar-refractivity contribution >= 4 is 17.7 Å². The molecule has 2 rings (SSSR count). The second kappa shape index (κ2) is 6.26. The molecule has 0 saturated carbocycles. The molecule has 2 aromatic rings. The van der Waals surface area contributed by atoms with Crippen molar-refractivity contribution in [2.45, 2.75) is 10.6 Å². The van der Waals surface area contributed by atoms with E-state index in [0.717, 1.165) is 16.2 Å². The smallest absolute Gasteiger partial charge is 0.265 e. The maximum Gasteiger partial charge on any atom is 0.265 e. The number of carbonyl (C=O) groups excluding carboxylic acids is 1. The summed E-state index contributed by atoms with van der Waals surface area (Å²) in [7, 11) is 0. The number of nitrogens with two attached hydrogens (primary N) is 1. The second-order valence-electron chi connectivity index (χ2n) is 3.96. The van der Waals surface area contributed by atoms with Gasteiger partial charge in [0.05, 0.1) is 0 Å². The summed E-state index contributed by atoms with van der Waals surface area (Å²) < 4.78 is 0. The first-order valence-corrected chi connectivity index (χ1v) is 6.69. The number of nitrogen functional groups attached to an aromatic ring is 1. The minimum absolute atomic E-state index is 0.256. The molecule has 0 atom stereocenters. The Morgan fingerprint density at radius 1 is 1.21 bits per heavy atom. The molecule has 1 amide bonds. The largest absolute Gasteiger partial charge is 0.508 e. The fourth-order valence-corrected chi connectivity index (χ4v) is 2.44. The van der Waals surface area contributed by atoms with E-state index in [0.29, 0.717) is 5.56 Å². The van der Waals surface area contributed by atoms with Crippen LogP contribution in [0.25, 0.3) is 0 Å². The topological polar surface area (TPSA) is 75.3 Å². The minimum atomic E-state index is -0.295. The average molecular weight is 274 g/mol. The molecule has 0 bridgehead atoms. The number of aromatic hydroxyl groups is 1. The van der Waals surface area contributed by atoms with E-state index in [1.165, 1.54) is 0 Å². The van der Waals surface area contributed by atoms with E-state index < -0.39 is 0 Å². The Bertz CT molecular complexity index is 570. The van der Waals surface area contributed by atoms with Crippen LogP contribution in [-0.2, 0) is 5.75 Å². The van der Waals surface area contributed by atoms with E-state index in [4.69, 9.17) is 5.84 Å². The van der Waals surface area contributed by atoms with Gasteiger partial charge in [-0.15, -0.1) is 11.8 Å². The van der Waals surface area contributed by atoms with Gasteiger partial charge in [-0.2, -0.15) is 0 Å². The number of amides is 1. The average Bonchev–Trinajstić information content (AvgIpc) is 2.46. The number of hydrazine groups is 1. The van der Waals surface area contributed by atoms with Crippen LogP contribution < -0.4 is 11.3 Å². The van der Waals surface area contributed by atoms with Crippen molar-refractivity contribution in [3.8, 4) is 5.75 Å². The van der Waals surface area contributed by atoms with Gasteiger partial charge in [0.1, 0.15) is 5.75 Å². The fourth-order valence-electron chi connectivity index (χ4n) is 1.59. The van der Waals surface area contributed by atoms with Crippen LogP contribution in [0.5, 0.6) is 5.75 Å². The van der Waals surface area contributed by atoms with E-state index in [-0.39, 0.29) is 11.7 Å². The summed E-state index contributed by atoms with van der Waals surface area (Å²) in [5, 5.41) is 9.20. The number of hydrogen-bond acceptors (Lipinski definition) is 4. The number of phenolic OH excluding ortho intramolecular Hbond substituents is 1. The number of benzene rings is 2. The number of hydrogen-bond donors (Lipinski definition) is 3. The number of rotatable bonds is 4. The van der Waals surface area contributed by atoms with Crippen LogP contribution in [-0.4, -0.2) is 11.0 Å². The molecule has 0 radical (unpaired) electrons. The van der Waals surface area contributed by atoms with Crippen molar-refractivity contribution < 1.29 is 9.90 Å². The SMILES string of the molecule is NNC(=O)c1cccc(CSc2ccc(O)cc2)c1. The van der Waals surface area contributed by atoms with Gasteiger partial charge in [0.15, 0.2) is 0 Å². The zero-order valence-electron chi connectivity index (χ0n) is 10.2. The molecule has 4 N–H and O–H groups in total. The number of nitrogens with one attached hydrogen (secondary N) is 1. The zero-order valence-corrected chi connectivity index (χ0v) is 11.0. The molecular formula is C14H14N2O2S. The Morgan fingerprint density at radius 3 is 2.63 bits per heavy atom. The molecule has 4 nitrogen and oxygen atoms in total. The van der Waals surface area contributed by atoms with E-state index in [9.17, 15) is 9.90 Å². The highest BCUT2D eigenvalue weighted by Crippen LogP contribution is 2.24. The van der Waals surface area contributed by atoms with Crippen molar-refractivity contribution in [2.24, 2.45) is 5.84 Å². The summed E-state index contributed by atoms with van der Waals surface area (Å²) in [6.07, 6.45) is 0. The lowest BCUT2D eigenvalue weighted by atomic mass is 10.1. The van der Waals surface area contributed by atoms with E-state index >= 15 is 0 Å². The Labute approximate surface area is 115 Å². The van der Waals surface area contributed by atoms with Gasteiger partial charge in [0.25, 0.3) is 5.91 Å². The number of thioether (sulfide) groups is 1. The number of phenols is 1. The second-order valence-corrected chi connectivity index (χ2v) is 5.01. The monoisotopic (exact) mass is 274 g/mol. The van der Waals surface area contributed by atoms with Crippen molar-refractivity contribution in [3.05, 3.63) is 59.7 Å². The molecule has 19 heavy (non-hydrogen) atoms. The highest BCUT2D eigenvalue weighted by molar-refractivity contribution is 7.98. The van der Waals surface area contributed by atoms with E-state index in [1.54, 1.807) is 30.0 Å². The normalized spacial score (nSPS) is 10.2. The molecule has 0 aliphatic heterocycles. The van der Waals surface area contributed by atoms with Crippen LogP contribution in [0.1, 0.15) is 15.9 Å². The molecular weight excluding hydrogens is 260 g/mol. The van der Waals surface area contributed by atoms with Crippen LogP contribution in [0.3, 0.4) is 0 Å². The van der Waals surface area contributed by atoms with Gasteiger partial charge < -0.3 is 5.11 Å². The van der Waals surface area contributed by atoms with Gasteiger partial charge in [0.2, 0.25) is 0 Å². The van der Waals surface area contributed by atoms with Gasteiger partial charge in [0, 0.05) is 16.2 Å². The Balaban J connectivity index is 2.03. The fraction of sp³-hybridized carbons (Fsp3) is 0.0714. The van der Waals surface area contributed by atoms with Crippen LogP contribution in [0.2, 0.25) is 0 Å². The lowest BCUT2D eigenvalue weighted by molar-refractivity contribution is 0.0953. The standard InChI is InChI=1S/C14H14N2O2S/c15-16-14(18)11-3-1-2-10(8-11)9-19-13-6-4-12(17)5-7-13/h1-8,17H,9,15H2,(H,16,18). The van der Waals surface area contributed by atoms with Crippen molar-refractivity contribution in [1.82, 2.24) is 5.43 Å². The first-order chi connectivity index (χ1) is 9.19. The zero-order chi connectivity index (χ0) is 13.7. The Morgan fingerprint density at radius 2 is 1.95 bits per heavy atom. The highest BCUT2D eigenvalue weighted by Gasteiger charge is 2.04. The van der Waals surface area contributed by atoms with Gasteiger partial charge in [-0.25, -0.2) is 5.84 Å². The predicted octanol–water partition coefficient (Wildman–Crippen LogP) is 2.29. The quantitative estimate of drug-likeness (QED) is 0.346. The highest BCUT2D eigenvalue weighted by atomic mass is 32.2.